The average molecular weight is 359 g/mol. The summed E-state index contributed by atoms with van der Waals surface area (Å²) in [5, 5.41) is 2.62. The first-order valence-electron chi connectivity index (χ1n) is 5.48. The Bertz CT molecular complexity index is 739. The summed E-state index contributed by atoms with van der Waals surface area (Å²) >= 11 is 3.11. The highest BCUT2D eigenvalue weighted by atomic mass is 79.9. The van der Waals surface area contributed by atoms with Crippen LogP contribution in [0.15, 0.2) is 45.7 Å². The fraction of sp³-hybridized carbons (Fsp3) is 0.0833. The van der Waals surface area contributed by atoms with E-state index in [0.717, 1.165) is 6.26 Å². The lowest BCUT2D eigenvalue weighted by atomic mass is 10.2. The second-order valence-electron chi connectivity index (χ2n) is 3.98. The molecule has 0 saturated carbocycles. The second-order valence-corrected chi connectivity index (χ2v) is 6.45. The van der Waals surface area contributed by atoms with Crippen molar-refractivity contribution in [3.8, 4) is 0 Å². The quantitative estimate of drug-likeness (QED) is 0.879. The Morgan fingerprint density at radius 2 is 1.85 bits per heavy atom. The summed E-state index contributed by atoms with van der Waals surface area (Å²) in [4.78, 5) is 12.0. The standard InChI is InChI=1S/C12H11BrN2O4S/c1-20(17,18)15-10-5-3-2-4-9(10)14-12(16)8-6-7-19-11(8)13/h2-7,15H,1H3,(H,14,16). The zero-order valence-electron chi connectivity index (χ0n) is 10.4. The van der Waals surface area contributed by atoms with Crippen LogP contribution >= 0.6 is 15.9 Å². The fourth-order valence-electron chi connectivity index (χ4n) is 1.53. The van der Waals surface area contributed by atoms with Gasteiger partial charge >= 0.3 is 0 Å². The Morgan fingerprint density at radius 3 is 2.40 bits per heavy atom. The number of furan rings is 1. The number of carbonyl (C=O) groups is 1. The first-order valence-corrected chi connectivity index (χ1v) is 8.16. The highest BCUT2D eigenvalue weighted by molar-refractivity contribution is 9.10. The molecule has 2 aromatic rings. The van der Waals surface area contributed by atoms with Crippen LogP contribution in [0.25, 0.3) is 0 Å². The Hall–Kier alpha value is -1.80. The number of nitrogens with one attached hydrogen (secondary N) is 2. The van der Waals surface area contributed by atoms with Crippen LogP contribution in [-0.4, -0.2) is 20.6 Å². The third-order valence-corrected chi connectivity index (χ3v) is 3.54. The number of anilines is 2. The van der Waals surface area contributed by atoms with Gasteiger partial charge in [0.05, 0.1) is 29.5 Å². The zero-order valence-corrected chi connectivity index (χ0v) is 12.8. The van der Waals surface area contributed by atoms with Crippen molar-refractivity contribution in [1.29, 1.82) is 0 Å². The molecule has 6 nitrogen and oxygen atoms in total. The number of sulfonamides is 1. The molecule has 20 heavy (non-hydrogen) atoms. The number of hydrogen-bond acceptors (Lipinski definition) is 4. The molecule has 0 fully saturated rings. The third-order valence-electron chi connectivity index (χ3n) is 2.33. The van der Waals surface area contributed by atoms with Crippen LogP contribution in [0.4, 0.5) is 11.4 Å². The van der Waals surface area contributed by atoms with E-state index < -0.39 is 15.9 Å². The predicted molar refractivity (Wildman–Crippen MR) is 79.3 cm³/mol. The summed E-state index contributed by atoms with van der Waals surface area (Å²) in [6.45, 7) is 0. The van der Waals surface area contributed by atoms with Crippen molar-refractivity contribution in [2.24, 2.45) is 0 Å². The first-order chi connectivity index (χ1) is 9.37. The summed E-state index contributed by atoms with van der Waals surface area (Å²) in [7, 11) is -3.43. The molecule has 1 amide bonds. The Morgan fingerprint density at radius 1 is 1.20 bits per heavy atom. The van der Waals surface area contributed by atoms with Gasteiger partial charge in [-0.25, -0.2) is 8.42 Å². The number of amides is 1. The smallest absolute Gasteiger partial charge is 0.260 e. The molecule has 1 heterocycles. The molecule has 2 rings (SSSR count). The maximum atomic E-state index is 12.0. The molecule has 0 aliphatic rings. The maximum absolute atomic E-state index is 12.0. The molecule has 8 heteroatoms. The van der Waals surface area contributed by atoms with Gasteiger partial charge in [0.15, 0.2) is 4.67 Å². The molecule has 1 aromatic heterocycles. The molecule has 0 spiro atoms. The molecule has 0 bridgehead atoms. The average Bonchev–Trinajstić information content (AvgIpc) is 2.76. The lowest BCUT2D eigenvalue weighted by Crippen LogP contribution is -2.15. The number of halogens is 1. The van der Waals surface area contributed by atoms with Gasteiger partial charge in [0.2, 0.25) is 10.0 Å². The number of hydrogen-bond donors (Lipinski definition) is 2. The minimum Gasteiger partial charge on any atom is -0.457 e. The van der Waals surface area contributed by atoms with Crippen LogP contribution < -0.4 is 10.0 Å². The molecule has 0 atom stereocenters. The highest BCUT2D eigenvalue weighted by Gasteiger charge is 2.15. The van der Waals surface area contributed by atoms with Crippen LogP contribution in [0.3, 0.4) is 0 Å². The van der Waals surface area contributed by atoms with Crippen LogP contribution in [-0.2, 0) is 10.0 Å². The Balaban J connectivity index is 2.26. The molecule has 0 aliphatic carbocycles. The molecule has 0 radical (unpaired) electrons. The lowest BCUT2D eigenvalue weighted by molar-refractivity contribution is 0.102. The zero-order chi connectivity index (χ0) is 14.8. The summed E-state index contributed by atoms with van der Waals surface area (Å²) in [6.07, 6.45) is 2.41. The van der Waals surface area contributed by atoms with Crippen LogP contribution in [0.5, 0.6) is 0 Å². The number of rotatable bonds is 4. The topological polar surface area (TPSA) is 88.4 Å². The second kappa shape index (κ2) is 5.68. The van der Waals surface area contributed by atoms with Crippen molar-refractivity contribution in [3.63, 3.8) is 0 Å². The normalized spacial score (nSPS) is 11.1. The SMILES string of the molecule is CS(=O)(=O)Nc1ccccc1NC(=O)c1ccoc1Br. The molecule has 0 aliphatic heterocycles. The van der Waals surface area contributed by atoms with Crippen LogP contribution in [0, 0.1) is 0 Å². The lowest BCUT2D eigenvalue weighted by Gasteiger charge is -2.11. The van der Waals surface area contributed by atoms with Gasteiger partial charge in [0.1, 0.15) is 0 Å². The molecule has 2 N–H and O–H groups in total. The number of para-hydroxylation sites is 2. The highest BCUT2D eigenvalue weighted by Crippen LogP contribution is 2.24. The fourth-order valence-corrected chi connectivity index (χ4v) is 2.52. The maximum Gasteiger partial charge on any atom is 0.260 e. The van der Waals surface area contributed by atoms with Gasteiger partial charge in [0.25, 0.3) is 5.91 Å². The van der Waals surface area contributed by atoms with E-state index in [9.17, 15) is 13.2 Å². The molecular formula is C12H11BrN2O4S. The van der Waals surface area contributed by atoms with Gasteiger partial charge in [-0.05, 0) is 34.1 Å². The van der Waals surface area contributed by atoms with Crippen molar-refractivity contribution < 1.29 is 17.6 Å². The van der Waals surface area contributed by atoms with Gasteiger partial charge < -0.3 is 9.73 Å². The van der Waals surface area contributed by atoms with E-state index in [1.165, 1.54) is 12.3 Å². The van der Waals surface area contributed by atoms with Gasteiger partial charge in [-0.15, -0.1) is 0 Å². The summed E-state index contributed by atoms with van der Waals surface area (Å²) in [6, 6.07) is 8.01. The van der Waals surface area contributed by atoms with Gasteiger partial charge in [0, 0.05) is 0 Å². The molecule has 106 valence electrons. The van der Waals surface area contributed by atoms with E-state index in [0.29, 0.717) is 21.6 Å². The van der Waals surface area contributed by atoms with E-state index in [2.05, 4.69) is 26.0 Å². The minimum absolute atomic E-state index is 0.294. The molecule has 1 aromatic carbocycles. The number of carbonyl (C=O) groups excluding carboxylic acids is 1. The summed E-state index contributed by atoms with van der Waals surface area (Å²) < 4.78 is 30.2. The van der Waals surface area contributed by atoms with E-state index in [1.54, 1.807) is 24.3 Å². The molecule has 0 unspecified atom stereocenters. The molecule has 0 saturated heterocycles. The van der Waals surface area contributed by atoms with Crippen molar-refractivity contribution in [2.75, 3.05) is 16.3 Å². The largest absolute Gasteiger partial charge is 0.457 e. The van der Waals surface area contributed by atoms with Crippen LogP contribution in [0.1, 0.15) is 10.4 Å². The van der Waals surface area contributed by atoms with Gasteiger partial charge in [-0.1, -0.05) is 12.1 Å². The minimum atomic E-state index is -3.43. The predicted octanol–water partition coefficient (Wildman–Crippen LogP) is 2.67. The van der Waals surface area contributed by atoms with Crippen molar-refractivity contribution in [1.82, 2.24) is 0 Å². The van der Waals surface area contributed by atoms with Crippen LogP contribution in [0.2, 0.25) is 0 Å². The van der Waals surface area contributed by atoms with Gasteiger partial charge in [-0.2, -0.15) is 0 Å². The summed E-state index contributed by atoms with van der Waals surface area (Å²) in [5.41, 5.74) is 0.971. The Labute approximate surface area is 124 Å². The monoisotopic (exact) mass is 358 g/mol. The number of benzene rings is 1. The third kappa shape index (κ3) is 3.61. The van der Waals surface area contributed by atoms with E-state index >= 15 is 0 Å². The van der Waals surface area contributed by atoms with Gasteiger partial charge in [-0.3, -0.25) is 9.52 Å². The van der Waals surface area contributed by atoms with Crippen molar-refractivity contribution >= 4 is 43.2 Å². The van der Waals surface area contributed by atoms with E-state index in [-0.39, 0.29) is 0 Å². The summed E-state index contributed by atoms with van der Waals surface area (Å²) in [5.74, 6) is -0.409. The first kappa shape index (κ1) is 14.6. The Kier molecular flexibility index (Phi) is 4.15. The van der Waals surface area contributed by atoms with E-state index in [4.69, 9.17) is 4.42 Å². The van der Waals surface area contributed by atoms with Crippen molar-refractivity contribution in [2.45, 2.75) is 0 Å². The van der Waals surface area contributed by atoms with Crippen molar-refractivity contribution in [3.05, 3.63) is 46.8 Å². The molecular weight excluding hydrogens is 348 g/mol. The van der Waals surface area contributed by atoms with E-state index in [1.807, 2.05) is 0 Å².